The molecule has 3 N–H and O–H groups in total. The van der Waals surface area contributed by atoms with E-state index < -0.39 is 11.4 Å². The maximum absolute atomic E-state index is 12.4. The van der Waals surface area contributed by atoms with Crippen molar-refractivity contribution >= 4 is 35.4 Å². The Labute approximate surface area is 162 Å². The lowest BCUT2D eigenvalue weighted by molar-refractivity contribution is -0.143. The first-order chi connectivity index (χ1) is 13.1. The molecule has 144 valence electrons. The molecule has 1 aliphatic heterocycles. The standard InChI is InChI=1S/C17H22ClN7O2/c1-4-19-15-21-16(20-5-2)23-17(22-15)24-25-13(12(18)14(25)26)10-8-6-7-9-11(10)27-3/h6-9,12-13H,4-5H2,1-3H3,(H3,19,20,21,22,23,24). The van der Waals surface area contributed by atoms with E-state index in [9.17, 15) is 4.79 Å². The van der Waals surface area contributed by atoms with Gasteiger partial charge in [-0.05, 0) is 19.9 Å². The number of benzene rings is 1. The number of alkyl halides is 1. The summed E-state index contributed by atoms with van der Waals surface area (Å²) < 4.78 is 5.40. The lowest BCUT2D eigenvalue weighted by Crippen LogP contribution is -2.58. The van der Waals surface area contributed by atoms with E-state index in [0.29, 0.717) is 30.7 Å². The van der Waals surface area contributed by atoms with E-state index in [4.69, 9.17) is 16.3 Å². The van der Waals surface area contributed by atoms with Crippen LogP contribution in [0.5, 0.6) is 5.75 Å². The zero-order valence-electron chi connectivity index (χ0n) is 15.4. The number of nitrogens with one attached hydrogen (secondary N) is 3. The summed E-state index contributed by atoms with van der Waals surface area (Å²) in [5.41, 5.74) is 3.76. The molecule has 2 aromatic rings. The lowest BCUT2D eigenvalue weighted by atomic mass is 9.94. The first-order valence-corrected chi connectivity index (χ1v) is 9.13. The number of para-hydroxylation sites is 1. The maximum Gasteiger partial charge on any atom is 0.262 e. The number of hydrazine groups is 1. The van der Waals surface area contributed by atoms with Gasteiger partial charge in [0.25, 0.3) is 5.91 Å². The average molecular weight is 392 g/mol. The second kappa shape index (κ2) is 8.26. The van der Waals surface area contributed by atoms with Gasteiger partial charge >= 0.3 is 0 Å². The first-order valence-electron chi connectivity index (χ1n) is 8.69. The van der Waals surface area contributed by atoms with Crippen LogP contribution >= 0.6 is 11.6 Å². The van der Waals surface area contributed by atoms with Crippen molar-refractivity contribution in [2.24, 2.45) is 0 Å². The lowest BCUT2D eigenvalue weighted by Gasteiger charge is -2.44. The number of hydrogen-bond donors (Lipinski definition) is 3. The molecule has 1 fully saturated rings. The summed E-state index contributed by atoms with van der Waals surface area (Å²) in [6, 6.07) is 7.04. The average Bonchev–Trinajstić information content (AvgIpc) is 2.68. The highest BCUT2D eigenvalue weighted by molar-refractivity contribution is 6.33. The number of hydrogen-bond acceptors (Lipinski definition) is 8. The molecule has 2 unspecified atom stereocenters. The van der Waals surface area contributed by atoms with E-state index >= 15 is 0 Å². The van der Waals surface area contributed by atoms with Crippen molar-refractivity contribution in [3.8, 4) is 5.75 Å². The molecule has 0 saturated carbocycles. The van der Waals surface area contributed by atoms with Gasteiger partial charge in [0.2, 0.25) is 17.8 Å². The molecule has 2 atom stereocenters. The fourth-order valence-corrected chi connectivity index (χ4v) is 3.15. The minimum absolute atomic E-state index is 0.244. The molecule has 0 aliphatic carbocycles. The number of rotatable bonds is 8. The molecule has 1 aromatic carbocycles. The van der Waals surface area contributed by atoms with Crippen LogP contribution in [0.1, 0.15) is 25.5 Å². The second-order valence-electron chi connectivity index (χ2n) is 5.78. The van der Waals surface area contributed by atoms with Crippen molar-refractivity contribution in [2.75, 3.05) is 36.3 Å². The quantitative estimate of drug-likeness (QED) is 0.465. The Morgan fingerprint density at radius 2 is 1.67 bits per heavy atom. The third kappa shape index (κ3) is 3.82. The van der Waals surface area contributed by atoms with Gasteiger partial charge in [0.05, 0.1) is 7.11 Å². The predicted molar refractivity (Wildman–Crippen MR) is 104 cm³/mol. The summed E-state index contributed by atoms with van der Waals surface area (Å²) in [6.45, 7) is 5.20. The second-order valence-corrected chi connectivity index (χ2v) is 6.25. The van der Waals surface area contributed by atoms with E-state index in [1.54, 1.807) is 7.11 Å². The van der Waals surface area contributed by atoms with E-state index in [2.05, 4.69) is 31.0 Å². The van der Waals surface area contributed by atoms with Crippen molar-refractivity contribution in [3.05, 3.63) is 29.8 Å². The van der Waals surface area contributed by atoms with Crippen molar-refractivity contribution in [2.45, 2.75) is 25.3 Å². The van der Waals surface area contributed by atoms with E-state index in [1.165, 1.54) is 5.01 Å². The Kier molecular flexibility index (Phi) is 5.80. The number of anilines is 3. The van der Waals surface area contributed by atoms with Crippen molar-refractivity contribution < 1.29 is 9.53 Å². The Morgan fingerprint density at radius 1 is 1.07 bits per heavy atom. The third-order valence-corrected chi connectivity index (χ3v) is 4.44. The number of β-lactam (4-membered cyclic amide) rings is 1. The number of amides is 1. The van der Waals surface area contributed by atoms with E-state index in [-0.39, 0.29) is 11.9 Å². The van der Waals surface area contributed by atoms with Crippen molar-refractivity contribution in [1.29, 1.82) is 0 Å². The van der Waals surface area contributed by atoms with Crippen LogP contribution in [0.4, 0.5) is 17.8 Å². The first kappa shape index (κ1) is 19.0. The topological polar surface area (TPSA) is 104 Å². The van der Waals surface area contributed by atoms with E-state index in [1.807, 2.05) is 38.1 Å². The minimum Gasteiger partial charge on any atom is -0.496 e. The minimum atomic E-state index is -0.697. The van der Waals surface area contributed by atoms with Crippen LogP contribution in [0.25, 0.3) is 0 Å². The summed E-state index contributed by atoms with van der Waals surface area (Å²) in [6.07, 6.45) is 0. The molecular formula is C17H22ClN7O2. The number of carbonyl (C=O) groups excluding carboxylic acids is 1. The highest BCUT2D eigenvalue weighted by atomic mass is 35.5. The summed E-state index contributed by atoms with van der Waals surface area (Å²) in [5.74, 6) is 1.46. The number of ether oxygens (including phenoxy) is 1. The number of carbonyl (C=O) groups is 1. The SMILES string of the molecule is CCNc1nc(NCC)nc(NN2C(=O)C(Cl)C2c2ccccc2OC)n1. The Bertz CT molecular complexity index is 795. The molecule has 3 rings (SSSR count). The molecule has 1 aliphatic rings. The van der Waals surface area contributed by atoms with E-state index in [0.717, 1.165) is 5.56 Å². The van der Waals surface area contributed by atoms with Gasteiger partial charge in [-0.15, -0.1) is 11.6 Å². The maximum atomic E-state index is 12.4. The van der Waals surface area contributed by atoms with Crippen LogP contribution in [0.15, 0.2) is 24.3 Å². The summed E-state index contributed by atoms with van der Waals surface area (Å²) >= 11 is 6.29. The molecule has 2 heterocycles. The molecule has 10 heteroatoms. The fourth-order valence-electron chi connectivity index (χ4n) is 2.79. The van der Waals surface area contributed by atoms with Crippen LogP contribution < -0.4 is 20.8 Å². The van der Waals surface area contributed by atoms with Gasteiger partial charge in [0.15, 0.2) is 0 Å². The van der Waals surface area contributed by atoms with Gasteiger partial charge in [0, 0.05) is 18.7 Å². The summed E-state index contributed by atoms with van der Waals surface area (Å²) in [5, 5.41) is 6.81. The summed E-state index contributed by atoms with van der Waals surface area (Å²) in [7, 11) is 1.58. The van der Waals surface area contributed by atoms with Gasteiger partial charge < -0.3 is 15.4 Å². The third-order valence-electron chi connectivity index (χ3n) is 4.01. The molecule has 1 amide bonds. The Balaban J connectivity index is 1.88. The highest BCUT2D eigenvalue weighted by Gasteiger charge is 2.49. The van der Waals surface area contributed by atoms with Crippen LogP contribution in [0, 0.1) is 0 Å². The molecule has 0 spiro atoms. The molecule has 1 aromatic heterocycles. The molecule has 0 bridgehead atoms. The van der Waals surface area contributed by atoms with Crippen LogP contribution in [-0.4, -0.2) is 51.4 Å². The molecule has 27 heavy (non-hydrogen) atoms. The molecule has 9 nitrogen and oxygen atoms in total. The van der Waals surface area contributed by atoms with Gasteiger partial charge in [-0.1, -0.05) is 18.2 Å². The zero-order chi connectivity index (χ0) is 19.4. The van der Waals surface area contributed by atoms with Crippen molar-refractivity contribution in [1.82, 2.24) is 20.0 Å². The van der Waals surface area contributed by atoms with Gasteiger partial charge in [-0.3, -0.25) is 10.2 Å². The monoisotopic (exact) mass is 391 g/mol. The Morgan fingerprint density at radius 3 is 2.26 bits per heavy atom. The van der Waals surface area contributed by atoms with Crippen LogP contribution in [0.3, 0.4) is 0 Å². The zero-order valence-corrected chi connectivity index (χ0v) is 16.1. The van der Waals surface area contributed by atoms with Gasteiger partial charge in [0.1, 0.15) is 17.2 Å². The number of aromatic nitrogens is 3. The molecule has 0 radical (unpaired) electrons. The van der Waals surface area contributed by atoms with Crippen LogP contribution in [-0.2, 0) is 4.79 Å². The fraction of sp³-hybridized carbons (Fsp3) is 0.412. The molecular weight excluding hydrogens is 370 g/mol. The number of halogens is 1. The largest absolute Gasteiger partial charge is 0.496 e. The normalized spacial score (nSPS) is 18.7. The van der Waals surface area contributed by atoms with Crippen LogP contribution in [0.2, 0.25) is 0 Å². The summed E-state index contributed by atoms with van der Waals surface area (Å²) in [4.78, 5) is 25.2. The van der Waals surface area contributed by atoms with Crippen molar-refractivity contribution in [3.63, 3.8) is 0 Å². The number of methoxy groups -OCH3 is 1. The molecule has 1 saturated heterocycles. The predicted octanol–water partition coefficient (Wildman–Crippen LogP) is 2.26. The highest BCUT2D eigenvalue weighted by Crippen LogP contribution is 2.41. The Hall–Kier alpha value is -2.81. The van der Waals surface area contributed by atoms with Gasteiger partial charge in [-0.25, -0.2) is 5.01 Å². The smallest absolute Gasteiger partial charge is 0.262 e. The number of nitrogens with zero attached hydrogens (tertiary/aromatic N) is 4. The van der Waals surface area contributed by atoms with Gasteiger partial charge in [-0.2, -0.15) is 15.0 Å².